The van der Waals surface area contributed by atoms with E-state index in [0.29, 0.717) is 0 Å². The molecule has 15 heavy (non-hydrogen) atoms. The van der Waals surface area contributed by atoms with Gasteiger partial charge in [0, 0.05) is 19.7 Å². The number of nitrogen functional groups attached to an aromatic ring is 1. The van der Waals surface area contributed by atoms with Crippen LogP contribution in [0.15, 0.2) is 18.2 Å². The molecule has 1 heterocycles. The van der Waals surface area contributed by atoms with Gasteiger partial charge in [-0.1, -0.05) is 17.7 Å². The topological polar surface area (TPSA) is 38.5 Å². The third-order valence-electron chi connectivity index (χ3n) is 2.56. The van der Waals surface area contributed by atoms with Crippen LogP contribution in [0.2, 0.25) is 5.02 Å². The molecule has 1 aliphatic heterocycles. The molecular weight excluding hydrogens is 212 g/mol. The van der Waals surface area contributed by atoms with Crippen molar-refractivity contribution in [2.75, 3.05) is 36.9 Å². The van der Waals surface area contributed by atoms with Crippen LogP contribution in [0.1, 0.15) is 6.42 Å². The van der Waals surface area contributed by atoms with Gasteiger partial charge in [0.1, 0.15) is 0 Å². The summed E-state index contributed by atoms with van der Waals surface area (Å²) in [5, 5.41) is 0.719. The van der Waals surface area contributed by atoms with Crippen molar-refractivity contribution in [3.63, 3.8) is 0 Å². The summed E-state index contributed by atoms with van der Waals surface area (Å²) in [6.07, 6.45) is 1.02. The van der Waals surface area contributed by atoms with Crippen LogP contribution in [0.3, 0.4) is 0 Å². The third kappa shape index (κ3) is 2.36. The summed E-state index contributed by atoms with van der Waals surface area (Å²) in [4.78, 5) is 2.20. The molecule has 0 saturated carbocycles. The number of nitrogens with zero attached hydrogens (tertiary/aromatic N) is 1. The lowest BCUT2D eigenvalue weighted by atomic mass is 10.2. The molecule has 0 amide bonds. The predicted molar refractivity (Wildman–Crippen MR) is 63.5 cm³/mol. The second-order valence-corrected chi connectivity index (χ2v) is 4.04. The molecule has 1 aromatic carbocycles. The molecule has 0 aromatic heterocycles. The fourth-order valence-corrected chi connectivity index (χ4v) is 2.14. The van der Waals surface area contributed by atoms with Gasteiger partial charge in [-0.25, -0.2) is 0 Å². The second-order valence-electron chi connectivity index (χ2n) is 3.63. The average molecular weight is 227 g/mol. The van der Waals surface area contributed by atoms with Gasteiger partial charge in [-0.05, 0) is 18.6 Å². The van der Waals surface area contributed by atoms with E-state index in [2.05, 4.69) is 4.90 Å². The maximum Gasteiger partial charge on any atom is 0.0789 e. The molecule has 1 fully saturated rings. The van der Waals surface area contributed by atoms with Crippen LogP contribution < -0.4 is 10.6 Å². The molecule has 2 N–H and O–H groups in total. The van der Waals surface area contributed by atoms with Gasteiger partial charge in [0.15, 0.2) is 0 Å². The number of halogens is 1. The number of nitrogens with two attached hydrogens (primary N) is 1. The van der Waals surface area contributed by atoms with E-state index >= 15 is 0 Å². The fourth-order valence-electron chi connectivity index (χ4n) is 1.84. The number of para-hydroxylation sites is 1. The molecule has 1 aromatic rings. The predicted octanol–water partition coefficient (Wildman–Crippen LogP) is 2.15. The maximum absolute atomic E-state index is 6.15. The number of anilines is 2. The first kappa shape index (κ1) is 10.6. The lowest BCUT2D eigenvalue weighted by molar-refractivity contribution is 0.152. The number of ether oxygens (including phenoxy) is 1. The fraction of sp³-hybridized carbons (Fsp3) is 0.455. The maximum atomic E-state index is 6.15. The quantitative estimate of drug-likeness (QED) is 0.746. The van der Waals surface area contributed by atoms with Crippen molar-refractivity contribution in [3.05, 3.63) is 23.2 Å². The van der Waals surface area contributed by atoms with Crippen molar-refractivity contribution in [3.8, 4) is 0 Å². The van der Waals surface area contributed by atoms with Crippen LogP contribution in [0, 0.1) is 0 Å². The van der Waals surface area contributed by atoms with Gasteiger partial charge in [-0.2, -0.15) is 0 Å². The molecule has 82 valence electrons. The number of rotatable bonds is 1. The zero-order valence-electron chi connectivity index (χ0n) is 8.58. The van der Waals surface area contributed by atoms with E-state index in [9.17, 15) is 0 Å². The molecule has 1 aliphatic rings. The van der Waals surface area contributed by atoms with Gasteiger partial charge in [-0.15, -0.1) is 0 Å². The van der Waals surface area contributed by atoms with E-state index in [1.807, 2.05) is 18.2 Å². The molecule has 1 saturated heterocycles. The summed E-state index contributed by atoms with van der Waals surface area (Å²) < 4.78 is 5.40. The first-order chi connectivity index (χ1) is 7.29. The molecular formula is C11H15ClN2O. The molecule has 0 aliphatic carbocycles. The summed E-state index contributed by atoms with van der Waals surface area (Å²) >= 11 is 6.15. The Balaban J connectivity index is 2.26. The van der Waals surface area contributed by atoms with E-state index in [1.54, 1.807) is 0 Å². The molecule has 3 nitrogen and oxygen atoms in total. The van der Waals surface area contributed by atoms with Gasteiger partial charge < -0.3 is 15.4 Å². The summed E-state index contributed by atoms with van der Waals surface area (Å²) in [5.74, 6) is 0. The summed E-state index contributed by atoms with van der Waals surface area (Å²) in [6.45, 7) is 3.37. The van der Waals surface area contributed by atoms with Crippen molar-refractivity contribution < 1.29 is 4.74 Å². The normalized spacial score (nSPS) is 17.5. The van der Waals surface area contributed by atoms with Crippen LogP contribution in [0.25, 0.3) is 0 Å². The van der Waals surface area contributed by atoms with E-state index in [4.69, 9.17) is 22.1 Å². The highest BCUT2D eigenvalue weighted by Crippen LogP contribution is 2.32. The highest BCUT2D eigenvalue weighted by Gasteiger charge is 2.15. The van der Waals surface area contributed by atoms with E-state index in [-0.39, 0.29) is 0 Å². The summed E-state index contributed by atoms with van der Waals surface area (Å²) in [6, 6.07) is 5.63. The van der Waals surface area contributed by atoms with Crippen molar-refractivity contribution in [1.29, 1.82) is 0 Å². The Morgan fingerprint density at radius 2 is 2.13 bits per heavy atom. The molecule has 0 spiro atoms. The van der Waals surface area contributed by atoms with E-state index < -0.39 is 0 Å². The van der Waals surface area contributed by atoms with Gasteiger partial charge in [-0.3, -0.25) is 0 Å². The van der Waals surface area contributed by atoms with Crippen molar-refractivity contribution in [2.24, 2.45) is 0 Å². The summed E-state index contributed by atoms with van der Waals surface area (Å²) in [5.41, 5.74) is 7.63. The Kier molecular flexibility index (Phi) is 3.34. The smallest absolute Gasteiger partial charge is 0.0789 e. The number of hydrogen-bond donors (Lipinski definition) is 1. The highest BCUT2D eigenvalue weighted by molar-refractivity contribution is 6.34. The van der Waals surface area contributed by atoms with E-state index in [0.717, 1.165) is 49.1 Å². The standard InChI is InChI=1S/C11H15ClN2O/c12-9-3-1-4-10(13)11(9)14-5-2-7-15-8-6-14/h1,3-4H,2,5-8,13H2. The monoisotopic (exact) mass is 226 g/mol. The molecule has 2 rings (SSSR count). The van der Waals surface area contributed by atoms with Crippen LogP contribution in [0.5, 0.6) is 0 Å². The van der Waals surface area contributed by atoms with Gasteiger partial charge >= 0.3 is 0 Å². The van der Waals surface area contributed by atoms with Crippen molar-refractivity contribution in [2.45, 2.75) is 6.42 Å². The molecule has 0 bridgehead atoms. The van der Waals surface area contributed by atoms with Crippen LogP contribution in [-0.4, -0.2) is 26.3 Å². The Labute approximate surface area is 94.8 Å². The minimum absolute atomic E-state index is 0.719. The van der Waals surface area contributed by atoms with Crippen LogP contribution >= 0.6 is 11.6 Å². The Morgan fingerprint density at radius 1 is 1.27 bits per heavy atom. The SMILES string of the molecule is Nc1cccc(Cl)c1N1CCCOCC1. The zero-order chi connectivity index (χ0) is 10.7. The zero-order valence-corrected chi connectivity index (χ0v) is 9.33. The number of hydrogen-bond acceptors (Lipinski definition) is 3. The average Bonchev–Trinajstić information content (AvgIpc) is 2.46. The first-order valence-electron chi connectivity index (χ1n) is 5.16. The molecule has 0 atom stereocenters. The van der Waals surface area contributed by atoms with Gasteiger partial charge in [0.2, 0.25) is 0 Å². The largest absolute Gasteiger partial charge is 0.397 e. The molecule has 0 radical (unpaired) electrons. The summed E-state index contributed by atoms with van der Waals surface area (Å²) in [7, 11) is 0. The Morgan fingerprint density at radius 3 is 2.93 bits per heavy atom. The first-order valence-corrected chi connectivity index (χ1v) is 5.53. The van der Waals surface area contributed by atoms with E-state index in [1.165, 1.54) is 0 Å². The minimum Gasteiger partial charge on any atom is -0.397 e. The Bertz CT molecular complexity index is 315. The molecule has 4 heteroatoms. The van der Waals surface area contributed by atoms with Crippen LogP contribution in [0.4, 0.5) is 11.4 Å². The minimum atomic E-state index is 0.719. The van der Waals surface area contributed by atoms with Crippen LogP contribution in [-0.2, 0) is 4.74 Å². The van der Waals surface area contributed by atoms with Crippen molar-refractivity contribution in [1.82, 2.24) is 0 Å². The third-order valence-corrected chi connectivity index (χ3v) is 2.86. The molecule has 0 unspecified atom stereocenters. The number of benzene rings is 1. The van der Waals surface area contributed by atoms with Crippen molar-refractivity contribution >= 4 is 23.0 Å². The lowest BCUT2D eigenvalue weighted by Crippen LogP contribution is -2.27. The highest BCUT2D eigenvalue weighted by atomic mass is 35.5. The lowest BCUT2D eigenvalue weighted by Gasteiger charge is -2.24. The van der Waals surface area contributed by atoms with Gasteiger partial charge in [0.05, 0.1) is 23.0 Å². The van der Waals surface area contributed by atoms with Gasteiger partial charge in [0.25, 0.3) is 0 Å². The second kappa shape index (κ2) is 4.73. The Hall–Kier alpha value is -0.930.